The number of hydrogen-bond acceptors (Lipinski definition) is 6. The quantitative estimate of drug-likeness (QED) is 0.222. The molecule has 184 valence electrons. The molecule has 1 fully saturated rings. The fraction of sp³-hybridized carbons (Fsp3) is 0.0800. The van der Waals surface area contributed by atoms with E-state index in [1.807, 2.05) is 0 Å². The van der Waals surface area contributed by atoms with Gasteiger partial charge in [0.1, 0.15) is 0 Å². The zero-order valence-corrected chi connectivity index (χ0v) is 23.3. The summed E-state index contributed by atoms with van der Waals surface area (Å²) in [4.78, 5) is 27.3. The number of amides is 2. The maximum Gasteiger partial charge on any atom is 0.270 e. The van der Waals surface area contributed by atoms with Crippen molar-refractivity contribution in [2.45, 2.75) is 0 Å². The number of halogens is 3. The summed E-state index contributed by atoms with van der Waals surface area (Å²) in [5.41, 5.74) is 1.82. The molecule has 1 aliphatic heterocycles. The van der Waals surface area contributed by atoms with Gasteiger partial charge in [-0.15, -0.1) is 0 Å². The summed E-state index contributed by atoms with van der Waals surface area (Å²) in [6.45, 7) is -0.265. The maximum absolute atomic E-state index is 13.1. The van der Waals surface area contributed by atoms with Crippen molar-refractivity contribution >= 4 is 96.7 Å². The molecular weight excluding hydrogens is 607 g/mol. The molecule has 1 heterocycles. The highest BCUT2D eigenvalue weighted by atomic mass is 79.9. The van der Waals surface area contributed by atoms with Crippen molar-refractivity contribution in [3.05, 3.63) is 85.7 Å². The first-order chi connectivity index (χ1) is 17.3. The number of thiocarbonyl (C=S) groups is 1. The molecule has 0 bridgehead atoms. The zero-order chi connectivity index (χ0) is 25.8. The largest absolute Gasteiger partial charge is 0.493 e. The predicted molar refractivity (Wildman–Crippen MR) is 153 cm³/mol. The first-order valence-electron chi connectivity index (χ1n) is 10.3. The van der Waals surface area contributed by atoms with Crippen molar-refractivity contribution in [2.24, 2.45) is 0 Å². The zero-order valence-electron chi connectivity index (χ0n) is 18.6. The molecule has 6 nitrogen and oxygen atoms in total. The van der Waals surface area contributed by atoms with E-state index in [1.165, 1.54) is 23.8 Å². The summed E-state index contributed by atoms with van der Waals surface area (Å²) >= 11 is 22.1. The second-order valence-corrected chi connectivity index (χ2v) is 10.7. The molecule has 11 heteroatoms. The molecule has 1 saturated heterocycles. The number of methoxy groups -OCH3 is 1. The van der Waals surface area contributed by atoms with Gasteiger partial charge in [0.25, 0.3) is 11.8 Å². The molecule has 0 aromatic heterocycles. The Morgan fingerprint density at radius 3 is 2.58 bits per heavy atom. The SMILES string of the molecule is COc1cc(/C=C2\SC(=S)N(c3ccc(Cl)cc3)C2=O)cc(Br)c1OCC(=O)Nc1ccccc1Cl. The normalized spacial score (nSPS) is 14.3. The highest BCUT2D eigenvalue weighted by Gasteiger charge is 2.33. The topological polar surface area (TPSA) is 67.9 Å². The van der Waals surface area contributed by atoms with Crippen molar-refractivity contribution in [1.82, 2.24) is 0 Å². The number of nitrogens with zero attached hydrogens (tertiary/aromatic N) is 1. The van der Waals surface area contributed by atoms with Crippen LogP contribution >= 0.6 is 63.1 Å². The van der Waals surface area contributed by atoms with Crippen LogP contribution in [-0.4, -0.2) is 29.9 Å². The molecule has 1 aliphatic rings. The Morgan fingerprint density at radius 2 is 1.89 bits per heavy atom. The van der Waals surface area contributed by atoms with Gasteiger partial charge in [0, 0.05) is 5.02 Å². The van der Waals surface area contributed by atoms with Gasteiger partial charge in [-0.1, -0.05) is 59.3 Å². The van der Waals surface area contributed by atoms with Crippen LogP contribution in [0.3, 0.4) is 0 Å². The van der Waals surface area contributed by atoms with Gasteiger partial charge in [-0.2, -0.15) is 0 Å². The van der Waals surface area contributed by atoms with Gasteiger partial charge in [-0.05, 0) is 76.1 Å². The highest BCUT2D eigenvalue weighted by Crippen LogP contribution is 2.40. The molecule has 0 saturated carbocycles. The minimum absolute atomic E-state index is 0.237. The Bertz CT molecular complexity index is 1380. The third-order valence-corrected chi connectivity index (χ3v) is 7.40. The van der Waals surface area contributed by atoms with Crippen molar-refractivity contribution < 1.29 is 19.1 Å². The van der Waals surface area contributed by atoms with Crippen LogP contribution < -0.4 is 19.7 Å². The van der Waals surface area contributed by atoms with E-state index in [-0.39, 0.29) is 18.4 Å². The lowest BCUT2D eigenvalue weighted by atomic mass is 10.1. The molecule has 0 spiro atoms. The number of ether oxygens (including phenoxy) is 2. The Kier molecular flexibility index (Phi) is 8.58. The summed E-state index contributed by atoms with van der Waals surface area (Å²) in [7, 11) is 1.49. The molecule has 4 rings (SSSR count). The van der Waals surface area contributed by atoms with E-state index in [0.29, 0.717) is 52.2 Å². The molecule has 0 aliphatic carbocycles. The van der Waals surface area contributed by atoms with Crippen LogP contribution in [0.1, 0.15) is 5.56 Å². The van der Waals surface area contributed by atoms with E-state index in [4.69, 9.17) is 44.9 Å². The summed E-state index contributed by atoms with van der Waals surface area (Å²) in [6.07, 6.45) is 1.72. The molecule has 2 amide bonds. The summed E-state index contributed by atoms with van der Waals surface area (Å²) < 4.78 is 12.2. The predicted octanol–water partition coefficient (Wildman–Crippen LogP) is 7.19. The number of hydrogen-bond donors (Lipinski definition) is 1. The second kappa shape index (κ2) is 11.7. The summed E-state index contributed by atoms with van der Waals surface area (Å²) in [5, 5.41) is 3.70. The van der Waals surface area contributed by atoms with Gasteiger partial charge in [-0.3, -0.25) is 14.5 Å². The number of carbonyl (C=O) groups excluding carboxylic acids is 2. The van der Waals surface area contributed by atoms with Crippen LogP contribution in [0, 0.1) is 0 Å². The minimum Gasteiger partial charge on any atom is -0.493 e. The number of anilines is 2. The summed E-state index contributed by atoms with van der Waals surface area (Å²) in [5.74, 6) is 0.109. The van der Waals surface area contributed by atoms with Crippen molar-refractivity contribution in [1.29, 1.82) is 0 Å². The van der Waals surface area contributed by atoms with Crippen LogP contribution in [-0.2, 0) is 9.59 Å². The second-order valence-electron chi connectivity index (χ2n) is 7.34. The van der Waals surface area contributed by atoms with Gasteiger partial charge in [-0.25, -0.2) is 0 Å². The van der Waals surface area contributed by atoms with Crippen LogP contribution in [0.2, 0.25) is 10.0 Å². The third-order valence-electron chi connectivity index (χ3n) is 4.92. The van der Waals surface area contributed by atoms with E-state index >= 15 is 0 Å². The van der Waals surface area contributed by atoms with Gasteiger partial charge in [0.15, 0.2) is 22.4 Å². The van der Waals surface area contributed by atoms with E-state index in [2.05, 4.69) is 21.2 Å². The lowest BCUT2D eigenvalue weighted by Gasteiger charge is -2.14. The molecule has 0 atom stereocenters. The molecule has 0 unspecified atom stereocenters. The lowest BCUT2D eigenvalue weighted by molar-refractivity contribution is -0.118. The average Bonchev–Trinajstić information content (AvgIpc) is 3.12. The molecule has 0 radical (unpaired) electrons. The Labute approximate surface area is 235 Å². The van der Waals surface area contributed by atoms with Crippen molar-refractivity contribution in [3.8, 4) is 11.5 Å². The monoisotopic (exact) mass is 622 g/mol. The molecule has 3 aromatic rings. The smallest absolute Gasteiger partial charge is 0.270 e. The molecule has 3 aromatic carbocycles. The van der Waals surface area contributed by atoms with Gasteiger partial charge < -0.3 is 14.8 Å². The fourth-order valence-corrected chi connectivity index (χ4v) is 5.46. The highest BCUT2D eigenvalue weighted by molar-refractivity contribution is 9.10. The Hall–Kier alpha value is -2.56. The number of rotatable bonds is 7. The Balaban J connectivity index is 1.50. The first kappa shape index (κ1) is 26.5. The van der Waals surface area contributed by atoms with Crippen LogP contribution in [0.25, 0.3) is 6.08 Å². The third kappa shape index (κ3) is 6.04. The van der Waals surface area contributed by atoms with E-state index < -0.39 is 0 Å². The van der Waals surface area contributed by atoms with Crippen molar-refractivity contribution in [3.63, 3.8) is 0 Å². The van der Waals surface area contributed by atoms with Gasteiger partial charge in [0.05, 0.1) is 32.9 Å². The molecular formula is C25H17BrCl2N2O4S2. The van der Waals surface area contributed by atoms with Gasteiger partial charge in [0.2, 0.25) is 0 Å². The maximum atomic E-state index is 13.1. The lowest BCUT2D eigenvalue weighted by Crippen LogP contribution is -2.27. The number of nitrogens with one attached hydrogen (secondary N) is 1. The number of benzene rings is 3. The average molecular weight is 624 g/mol. The molecule has 36 heavy (non-hydrogen) atoms. The van der Waals surface area contributed by atoms with Crippen LogP contribution in [0.5, 0.6) is 11.5 Å². The van der Waals surface area contributed by atoms with E-state index in [9.17, 15) is 9.59 Å². The van der Waals surface area contributed by atoms with E-state index in [1.54, 1.807) is 66.7 Å². The fourth-order valence-electron chi connectivity index (χ4n) is 3.28. The molecule has 1 N–H and O–H groups in total. The minimum atomic E-state index is -0.382. The van der Waals surface area contributed by atoms with Crippen LogP contribution in [0.4, 0.5) is 11.4 Å². The van der Waals surface area contributed by atoms with Crippen molar-refractivity contribution in [2.75, 3.05) is 23.9 Å². The number of carbonyl (C=O) groups is 2. The standard InChI is InChI=1S/C25H17BrCl2N2O4S2/c1-33-20-11-14(12-21-24(32)30(25(35)36-21)16-8-6-15(27)7-9-16)10-17(26)23(20)34-13-22(31)29-19-5-3-2-4-18(19)28/h2-12H,13H2,1H3,(H,29,31)/b21-12-. The number of thioether (sulfide) groups is 1. The summed E-state index contributed by atoms with van der Waals surface area (Å²) in [6, 6.07) is 17.3. The number of para-hydroxylation sites is 1. The Morgan fingerprint density at radius 1 is 1.17 bits per heavy atom. The van der Waals surface area contributed by atoms with Crippen LogP contribution in [0.15, 0.2) is 70.0 Å². The van der Waals surface area contributed by atoms with E-state index in [0.717, 1.165) is 0 Å². The first-order valence-corrected chi connectivity index (χ1v) is 13.1. The van der Waals surface area contributed by atoms with Gasteiger partial charge >= 0.3 is 0 Å².